The summed E-state index contributed by atoms with van der Waals surface area (Å²) in [5.41, 5.74) is 4.76. The van der Waals surface area contributed by atoms with Crippen molar-refractivity contribution in [2.45, 2.75) is 16.7 Å². The molecule has 0 bridgehead atoms. The van der Waals surface area contributed by atoms with E-state index in [2.05, 4.69) is 26.1 Å². The Hall–Kier alpha value is -5.96. The van der Waals surface area contributed by atoms with Gasteiger partial charge in [0.1, 0.15) is 15.5 Å². The largest absolute Gasteiger partial charge is 0.322 e. The number of allylic oxidation sites excluding steroid dienone is 1. The molecule has 0 aromatic heterocycles. The minimum absolute atomic E-state index is 0.0554. The van der Waals surface area contributed by atoms with Gasteiger partial charge in [-0.05, 0) is 90.7 Å². The highest BCUT2D eigenvalue weighted by molar-refractivity contribution is 7.95. The maximum absolute atomic E-state index is 13.0. The number of rotatable bonds is 9. The zero-order valence-corrected chi connectivity index (χ0v) is 29.4. The molecule has 1 aliphatic rings. The number of nitrogens with zero attached hydrogens (tertiary/aromatic N) is 3. The van der Waals surface area contributed by atoms with Crippen LogP contribution in [-0.4, -0.2) is 56.3 Å². The van der Waals surface area contributed by atoms with E-state index in [4.69, 9.17) is 0 Å². The molecule has 19 heteroatoms. The first kappa shape index (κ1) is 36.8. The Bertz CT molecular complexity index is 2800. The molecule has 53 heavy (non-hydrogen) atoms. The van der Waals surface area contributed by atoms with Gasteiger partial charge in [-0.15, -0.1) is 0 Å². The number of hydrazone groups is 1. The number of carbonyl (C=O) groups excluding carboxylic acids is 2. The van der Waals surface area contributed by atoms with Crippen LogP contribution in [0.4, 0.5) is 22.7 Å². The van der Waals surface area contributed by atoms with E-state index in [0.717, 1.165) is 12.1 Å². The van der Waals surface area contributed by atoms with Crippen molar-refractivity contribution in [2.24, 2.45) is 15.3 Å². The Balaban J connectivity index is 1.14. The maximum atomic E-state index is 13.0. The van der Waals surface area contributed by atoms with Crippen LogP contribution in [0.15, 0.2) is 128 Å². The van der Waals surface area contributed by atoms with Gasteiger partial charge >= 0.3 is 0 Å². The van der Waals surface area contributed by atoms with Crippen LogP contribution in [-0.2, 0) is 30.4 Å². The third-order valence-corrected chi connectivity index (χ3v) is 10.5. The highest BCUT2D eigenvalue weighted by Gasteiger charge is 2.30. The first-order valence-electron chi connectivity index (χ1n) is 15.0. The molecule has 0 heterocycles. The SMILES string of the molecule is Cc1cc(NC(=O)c2ccc(N/N=C3\C=C(S(=O)(=O)O)c4ccccc4C3=O)cc2)ccc1N=Nc1ccc2cc(S(=O)(=O)O)cc(S(=O)(=O)O)c2c1. The molecule has 5 aromatic rings. The van der Waals surface area contributed by atoms with Crippen molar-refractivity contribution in [3.63, 3.8) is 0 Å². The second-order valence-corrected chi connectivity index (χ2v) is 15.7. The van der Waals surface area contributed by atoms with Crippen molar-refractivity contribution in [1.82, 2.24) is 0 Å². The Kier molecular flexibility index (Phi) is 9.64. The van der Waals surface area contributed by atoms with Gasteiger partial charge in [0.15, 0.2) is 0 Å². The normalized spacial score (nSPS) is 14.3. The first-order chi connectivity index (χ1) is 24.9. The van der Waals surface area contributed by atoms with Crippen LogP contribution >= 0.6 is 0 Å². The number of anilines is 2. The van der Waals surface area contributed by atoms with Crippen molar-refractivity contribution < 1.29 is 48.5 Å². The van der Waals surface area contributed by atoms with Crippen LogP contribution in [0.25, 0.3) is 15.7 Å². The van der Waals surface area contributed by atoms with Gasteiger partial charge in [0.2, 0.25) is 5.78 Å². The number of benzene rings is 5. The average Bonchev–Trinajstić information content (AvgIpc) is 3.09. The summed E-state index contributed by atoms with van der Waals surface area (Å²) < 4.78 is 99.8. The number of hydrogen-bond acceptors (Lipinski definition) is 12. The third-order valence-electron chi connectivity index (χ3n) is 7.85. The lowest BCUT2D eigenvalue weighted by Crippen LogP contribution is -2.22. The van der Waals surface area contributed by atoms with Crippen LogP contribution in [0, 0.1) is 6.92 Å². The number of fused-ring (bicyclic) bond motifs is 2. The minimum Gasteiger partial charge on any atom is -0.322 e. The van der Waals surface area contributed by atoms with E-state index in [0.29, 0.717) is 28.7 Å². The van der Waals surface area contributed by atoms with Crippen LogP contribution in [0.3, 0.4) is 0 Å². The third kappa shape index (κ3) is 8.09. The van der Waals surface area contributed by atoms with E-state index in [1.807, 2.05) is 0 Å². The van der Waals surface area contributed by atoms with E-state index in [9.17, 15) is 48.5 Å². The van der Waals surface area contributed by atoms with E-state index < -0.39 is 56.7 Å². The van der Waals surface area contributed by atoms with Crippen LogP contribution in [0.1, 0.15) is 31.8 Å². The van der Waals surface area contributed by atoms with Gasteiger partial charge in [-0.3, -0.25) is 28.7 Å². The van der Waals surface area contributed by atoms with Gasteiger partial charge in [-0.25, -0.2) is 0 Å². The second kappa shape index (κ2) is 13.9. The highest BCUT2D eigenvalue weighted by Crippen LogP contribution is 2.33. The molecule has 5 N–H and O–H groups in total. The molecule has 270 valence electrons. The molecular weight excluding hydrogens is 751 g/mol. The summed E-state index contributed by atoms with van der Waals surface area (Å²) in [6, 6.07) is 22.5. The molecule has 6 rings (SSSR count). The Morgan fingerprint density at radius 2 is 1.38 bits per heavy atom. The molecule has 5 aromatic carbocycles. The molecule has 0 saturated heterocycles. The summed E-state index contributed by atoms with van der Waals surface area (Å²) in [5, 5.41) is 15.1. The standard InChI is InChI=1S/C34H25N5O11S3/c1-19-14-23(12-13-29(19)38-37-24-11-8-21-15-25(51(42,43)44)17-31(28(21)16-24)52(45,46)47)35-34(41)20-6-9-22(10-7-20)36-39-30-18-32(53(48,49)50)26-4-2-3-5-27(26)33(30)40/h2-18,36H,1H3,(H,35,41)(H,42,43,44)(H,45,46,47)(H,48,49,50)/b38-37?,39-30+. The monoisotopic (exact) mass is 775 g/mol. The fourth-order valence-corrected chi connectivity index (χ4v) is 7.35. The van der Waals surface area contributed by atoms with E-state index in [-0.39, 0.29) is 38.9 Å². The number of aryl methyl sites for hydroxylation is 1. The summed E-state index contributed by atoms with van der Waals surface area (Å²) in [4.78, 5) is 23.9. The smallest absolute Gasteiger partial charge is 0.295 e. The summed E-state index contributed by atoms with van der Waals surface area (Å²) in [6.45, 7) is 1.71. The predicted molar refractivity (Wildman–Crippen MR) is 195 cm³/mol. The van der Waals surface area contributed by atoms with Gasteiger partial charge < -0.3 is 5.32 Å². The number of amides is 1. The fraction of sp³-hybridized carbons (Fsp3) is 0.0294. The average molecular weight is 776 g/mol. The molecule has 0 saturated carbocycles. The second-order valence-electron chi connectivity index (χ2n) is 11.5. The number of ketones is 1. The van der Waals surface area contributed by atoms with Crippen LogP contribution < -0.4 is 10.7 Å². The number of nitrogens with one attached hydrogen (secondary N) is 2. The number of Topliss-reactive ketones (excluding diaryl/α,β-unsaturated/α-hetero) is 1. The van der Waals surface area contributed by atoms with Gasteiger partial charge in [-0.2, -0.15) is 40.6 Å². The van der Waals surface area contributed by atoms with Crippen LogP contribution in [0.2, 0.25) is 0 Å². The minimum atomic E-state index is -4.89. The number of carbonyl (C=O) groups is 2. The van der Waals surface area contributed by atoms with Crippen molar-refractivity contribution in [2.75, 3.05) is 10.7 Å². The number of hydrogen-bond donors (Lipinski definition) is 5. The molecule has 0 radical (unpaired) electrons. The molecular formula is C34H25N5O11S3. The van der Waals surface area contributed by atoms with Gasteiger partial charge in [-0.1, -0.05) is 30.3 Å². The van der Waals surface area contributed by atoms with E-state index >= 15 is 0 Å². The van der Waals surface area contributed by atoms with Crippen LogP contribution in [0.5, 0.6) is 0 Å². The molecule has 0 aliphatic heterocycles. The Morgan fingerprint density at radius 3 is 2.02 bits per heavy atom. The van der Waals surface area contributed by atoms with E-state index in [1.54, 1.807) is 31.2 Å². The van der Waals surface area contributed by atoms with Crippen molar-refractivity contribution in [1.29, 1.82) is 0 Å². The van der Waals surface area contributed by atoms with Gasteiger partial charge in [0, 0.05) is 27.8 Å². The van der Waals surface area contributed by atoms with Gasteiger partial charge in [0.05, 0.1) is 22.0 Å². The lowest BCUT2D eigenvalue weighted by molar-refractivity contribution is 0.102. The van der Waals surface area contributed by atoms with Crippen molar-refractivity contribution in [3.05, 3.63) is 125 Å². The number of azo groups is 1. The quantitative estimate of drug-likeness (QED) is 0.0637. The molecule has 0 fully saturated rings. The molecule has 1 amide bonds. The van der Waals surface area contributed by atoms with Gasteiger partial charge in [0.25, 0.3) is 36.3 Å². The summed E-state index contributed by atoms with van der Waals surface area (Å²) >= 11 is 0. The zero-order valence-electron chi connectivity index (χ0n) is 27.0. The Morgan fingerprint density at radius 1 is 0.698 bits per heavy atom. The molecule has 16 nitrogen and oxygen atoms in total. The fourth-order valence-electron chi connectivity index (χ4n) is 5.29. The lowest BCUT2D eigenvalue weighted by Gasteiger charge is -2.16. The summed E-state index contributed by atoms with van der Waals surface area (Å²) in [5.74, 6) is -1.01. The Labute approximate surface area is 301 Å². The molecule has 0 unspecified atom stereocenters. The summed E-state index contributed by atoms with van der Waals surface area (Å²) in [6.07, 6.45) is 0.974. The molecule has 0 spiro atoms. The molecule has 1 aliphatic carbocycles. The van der Waals surface area contributed by atoms with Crippen molar-refractivity contribution in [3.8, 4) is 0 Å². The first-order valence-corrected chi connectivity index (χ1v) is 19.3. The van der Waals surface area contributed by atoms with E-state index in [1.165, 1.54) is 60.7 Å². The van der Waals surface area contributed by atoms with Crippen molar-refractivity contribution >= 4 is 86.2 Å². The maximum Gasteiger partial charge on any atom is 0.295 e. The molecule has 0 atom stereocenters. The lowest BCUT2D eigenvalue weighted by atomic mass is 9.95. The topological polar surface area (TPSA) is 258 Å². The predicted octanol–water partition coefficient (Wildman–Crippen LogP) is 6.20. The zero-order chi connectivity index (χ0) is 38.3. The summed E-state index contributed by atoms with van der Waals surface area (Å²) in [7, 11) is -14.3. The highest BCUT2D eigenvalue weighted by atomic mass is 32.2.